The molecule has 0 unspecified atom stereocenters. The van der Waals surface area contributed by atoms with Crippen LogP contribution in [0.2, 0.25) is 4.34 Å². The molecule has 0 spiro atoms. The molecule has 4 heteroatoms. The average molecular weight is 253 g/mol. The van der Waals surface area contributed by atoms with Crippen molar-refractivity contribution in [2.24, 2.45) is 5.92 Å². The third-order valence-electron chi connectivity index (χ3n) is 3.08. The minimum Gasteiger partial charge on any atom is -0.334 e. The van der Waals surface area contributed by atoms with Gasteiger partial charge in [-0.15, -0.1) is 11.3 Å². The van der Waals surface area contributed by atoms with Gasteiger partial charge >= 0.3 is 0 Å². The third-order valence-corrected chi connectivity index (χ3v) is 4.33. The summed E-state index contributed by atoms with van der Waals surface area (Å²) in [4.78, 5) is 5.87. The van der Waals surface area contributed by atoms with Gasteiger partial charge in [0.25, 0.3) is 0 Å². The lowest BCUT2D eigenvalue weighted by Crippen LogP contribution is -2.16. The van der Waals surface area contributed by atoms with Crippen LogP contribution < -0.4 is 0 Å². The van der Waals surface area contributed by atoms with Gasteiger partial charge in [0.15, 0.2) is 0 Å². The molecule has 0 aromatic carbocycles. The maximum absolute atomic E-state index is 5.94. The minimum absolute atomic E-state index is 0.759. The Kier molecular flexibility index (Phi) is 2.52. The second-order valence-corrected chi connectivity index (χ2v) is 6.15. The van der Waals surface area contributed by atoms with Crippen molar-refractivity contribution in [1.82, 2.24) is 9.55 Å². The van der Waals surface area contributed by atoms with E-state index in [2.05, 4.69) is 17.7 Å². The number of aryl methyl sites for hydroxylation is 1. The Morgan fingerprint density at radius 1 is 1.50 bits per heavy atom. The summed E-state index contributed by atoms with van der Waals surface area (Å²) in [6.07, 6.45) is 4.51. The van der Waals surface area contributed by atoms with E-state index in [4.69, 9.17) is 16.6 Å². The topological polar surface area (TPSA) is 17.8 Å². The normalized spacial score (nSPS) is 19.8. The molecule has 0 saturated carbocycles. The van der Waals surface area contributed by atoms with E-state index in [0.29, 0.717) is 0 Å². The van der Waals surface area contributed by atoms with Crippen molar-refractivity contribution in [2.75, 3.05) is 0 Å². The Morgan fingerprint density at radius 2 is 2.38 bits per heavy atom. The Balaban J connectivity index is 1.98. The largest absolute Gasteiger partial charge is 0.334 e. The van der Waals surface area contributed by atoms with E-state index >= 15 is 0 Å². The quantitative estimate of drug-likeness (QED) is 0.754. The maximum Gasteiger partial charge on any atom is 0.109 e. The van der Waals surface area contributed by atoms with Crippen molar-refractivity contribution in [3.05, 3.63) is 28.5 Å². The van der Waals surface area contributed by atoms with E-state index in [9.17, 15) is 0 Å². The highest BCUT2D eigenvalue weighted by Gasteiger charge is 2.18. The van der Waals surface area contributed by atoms with Gasteiger partial charge in [0.2, 0.25) is 0 Å². The van der Waals surface area contributed by atoms with Crippen molar-refractivity contribution in [2.45, 2.75) is 26.3 Å². The highest BCUT2D eigenvalue weighted by Crippen LogP contribution is 2.31. The molecule has 2 aromatic rings. The van der Waals surface area contributed by atoms with Gasteiger partial charge in [0, 0.05) is 19.2 Å². The van der Waals surface area contributed by atoms with Crippen LogP contribution in [-0.4, -0.2) is 9.55 Å². The van der Waals surface area contributed by atoms with Crippen LogP contribution in [0.5, 0.6) is 0 Å². The fourth-order valence-electron chi connectivity index (χ4n) is 2.15. The smallest absolute Gasteiger partial charge is 0.109 e. The number of thiophene rings is 1. The molecule has 3 heterocycles. The summed E-state index contributed by atoms with van der Waals surface area (Å²) in [5.41, 5.74) is 1.07. The molecule has 0 N–H and O–H groups in total. The molecule has 0 saturated heterocycles. The number of rotatable bonds is 1. The van der Waals surface area contributed by atoms with Crippen molar-refractivity contribution in [1.29, 1.82) is 0 Å². The zero-order valence-corrected chi connectivity index (χ0v) is 10.7. The lowest BCUT2D eigenvalue weighted by Gasteiger charge is -2.18. The first-order valence-electron chi connectivity index (χ1n) is 5.54. The number of halogens is 1. The fraction of sp³-hybridized carbons (Fsp3) is 0.417. The first kappa shape index (κ1) is 10.4. The third kappa shape index (κ3) is 1.78. The molecule has 0 aliphatic carbocycles. The molecular weight excluding hydrogens is 240 g/mol. The van der Waals surface area contributed by atoms with Crippen LogP contribution in [0.25, 0.3) is 10.6 Å². The van der Waals surface area contributed by atoms with E-state index in [-0.39, 0.29) is 0 Å². The van der Waals surface area contributed by atoms with Crippen molar-refractivity contribution < 1.29 is 0 Å². The van der Waals surface area contributed by atoms with Gasteiger partial charge in [-0.1, -0.05) is 18.5 Å². The molecule has 1 atom stereocenters. The highest BCUT2D eigenvalue weighted by molar-refractivity contribution is 7.19. The Hall–Kier alpha value is -0.800. The van der Waals surface area contributed by atoms with Crippen LogP contribution in [0, 0.1) is 5.92 Å². The molecule has 3 rings (SSSR count). The summed E-state index contributed by atoms with van der Waals surface area (Å²) in [5, 5.41) is 0. The SMILES string of the molecule is C[C@H]1CCn2cc(-c3ccc(Cl)s3)nc2C1. The van der Waals surface area contributed by atoms with Gasteiger partial charge in [0.1, 0.15) is 5.82 Å². The van der Waals surface area contributed by atoms with E-state index < -0.39 is 0 Å². The van der Waals surface area contributed by atoms with Crippen LogP contribution in [0.3, 0.4) is 0 Å². The van der Waals surface area contributed by atoms with Gasteiger partial charge in [0.05, 0.1) is 14.9 Å². The zero-order valence-electron chi connectivity index (χ0n) is 9.11. The number of aromatic nitrogens is 2. The Bertz CT molecular complexity index is 515. The maximum atomic E-state index is 5.94. The number of nitrogens with zero attached hydrogens (tertiary/aromatic N) is 2. The monoisotopic (exact) mass is 252 g/mol. The van der Waals surface area contributed by atoms with E-state index in [1.807, 2.05) is 12.1 Å². The van der Waals surface area contributed by atoms with Gasteiger partial charge < -0.3 is 4.57 Å². The molecule has 2 aromatic heterocycles. The minimum atomic E-state index is 0.759. The second-order valence-electron chi connectivity index (χ2n) is 4.44. The highest BCUT2D eigenvalue weighted by atomic mass is 35.5. The molecule has 1 aliphatic rings. The Labute approximate surface area is 104 Å². The van der Waals surface area contributed by atoms with Crippen LogP contribution in [0.1, 0.15) is 19.2 Å². The van der Waals surface area contributed by atoms with E-state index in [1.165, 1.54) is 17.1 Å². The van der Waals surface area contributed by atoms with Gasteiger partial charge in [-0.25, -0.2) is 4.98 Å². The van der Waals surface area contributed by atoms with Crippen LogP contribution >= 0.6 is 22.9 Å². The van der Waals surface area contributed by atoms with Crippen molar-refractivity contribution in [3.63, 3.8) is 0 Å². The molecule has 84 valence electrons. The Morgan fingerprint density at radius 3 is 3.12 bits per heavy atom. The first-order chi connectivity index (χ1) is 7.72. The van der Waals surface area contributed by atoms with Crippen molar-refractivity contribution in [3.8, 4) is 10.6 Å². The van der Waals surface area contributed by atoms with E-state index in [1.54, 1.807) is 11.3 Å². The van der Waals surface area contributed by atoms with Gasteiger partial charge in [-0.05, 0) is 24.5 Å². The summed E-state index contributed by atoms with van der Waals surface area (Å²) in [6.45, 7) is 3.39. The average Bonchev–Trinajstić information content (AvgIpc) is 2.83. The fourth-order valence-corrected chi connectivity index (χ4v) is 3.15. The van der Waals surface area contributed by atoms with E-state index in [0.717, 1.165) is 28.9 Å². The van der Waals surface area contributed by atoms with Crippen LogP contribution in [-0.2, 0) is 13.0 Å². The predicted octanol–water partition coefficient (Wildman–Crippen LogP) is 3.85. The predicted molar refractivity (Wildman–Crippen MR) is 68.0 cm³/mol. The van der Waals surface area contributed by atoms with Gasteiger partial charge in [-0.3, -0.25) is 0 Å². The zero-order chi connectivity index (χ0) is 11.1. The summed E-state index contributed by atoms with van der Waals surface area (Å²) in [5.74, 6) is 1.98. The molecule has 16 heavy (non-hydrogen) atoms. The lowest BCUT2D eigenvalue weighted by atomic mass is 10.0. The van der Waals surface area contributed by atoms with Crippen molar-refractivity contribution >= 4 is 22.9 Å². The molecule has 0 radical (unpaired) electrons. The molecule has 0 bridgehead atoms. The number of imidazole rings is 1. The molecule has 2 nitrogen and oxygen atoms in total. The molecule has 1 aliphatic heterocycles. The summed E-state index contributed by atoms with van der Waals surface area (Å²) in [7, 11) is 0. The summed E-state index contributed by atoms with van der Waals surface area (Å²) in [6, 6.07) is 3.98. The first-order valence-corrected chi connectivity index (χ1v) is 6.73. The standard InChI is InChI=1S/C12H13ClN2S/c1-8-4-5-15-7-9(14-12(15)6-8)10-2-3-11(13)16-10/h2-3,7-8H,4-6H2,1H3/t8-/m0/s1. The van der Waals surface area contributed by atoms with Crippen LogP contribution in [0.4, 0.5) is 0 Å². The molecular formula is C12H13ClN2S. The van der Waals surface area contributed by atoms with Crippen LogP contribution in [0.15, 0.2) is 18.3 Å². The summed E-state index contributed by atoms with van der Waals surface area (Å²) >= 11 is 7.54. The lowest BCUT2D eigenvalue weighted by molar-refractivity contribution is 0.409. The number of fused-ring (bicyclic) bond motifs is 1. The number of hydrogen-bond donors (Lipinski definition) is 0. The molecule has 0 fully saturated rings. The molecule has 0 amide bonds. The van der Waals surface area contributed by atoms with Gasteiger partial charge in [-0.2, -0.15) is 0 Å². The second kappa shape index (κ2) is 3.90. The number of hydrogen-bond acceptors (Lipinski definition) is 2. The summed E-state index contributed by atoms with van der Waals surface area (Å²) < 4.78 is 3.11.